The Morgan fingerprint density at radius 3 is 2.50 bits per heavy atom. The van der Waals surface area contributed by atoms with Gasteiger partial charge >= 0.3 is 5.97 Å². The lowest BCUT2D eigenvalue weighted by Crippen LogP contribution is -2.31. The molecular formula is C19H20ClNO4S. The van der Waals surface area contributed by atoms with Gasteiger partial charge in [-0.15, -0.1) is 11.8 Å². The monoisotopic (exact) mass is 393 g/mol. The first-order valence-corrected chi connectivity index (χ1v) is 9.51. The summed E-state index contributed by atoms with van der Waals surface area (Å²) in [7, 11) is 1.51. The van der Waals surface area contributed by atoms with E-state index in [1.807, 2.05) is 30.5 Å². The summed E-state index contributed by atoms with van der Waals surface area (Å²) in [5, 5.41) is 12.4. The van der Waals surface area contributed by atoms with E-state index in [1.165, 1.54) is 7.11 Å². The third-order valence-corrected chi connectivity index (χ3v) is 4.96. The Hall–Kier alpha value is -2.18. The van der Waals surface area contributed by atoms with Crippen molar-refractivity contribution in [2.45, 2.75) is 23.8 Å². The van der Waals surface area contributed by atoms with Gasteiger partial charge in [-0.3, -0.25) is 9.59 Å². The average molecular weight is 394 g/mol. The molecule has 7 heteroatoms. The molecule has 0 spiro atoms. The second-order valence-corrected chi connectivity index (χ2v) is 6.88. The summed E-state index contributed by atoms with van der Waals surface area (Å²) in [6, 6.07) is 12.0. The number of rotatable bonds is 8. The summed E-state index contributed by atoms with van der Waals surface area (Å²) in [6.07, 6.45) is 1.76. The van der Waals surface area contributed by atoms with Crippen LogP contribution in [0.4, 0.5) is 0 Å². The van der Waals surface area contributed by atoms with Crippen molar-refractivity contribution in [3.8, 4) is 5.75 Å². The lowest BCUT2D eigenvalue weighted by Gasteiger charge is -2.18. The molecule has 0 aromatic heterocycles. The highest BCUT2D eigenvalue weighted by Crippen LogP contribution is 2.27. The van der Waals surface area contributed by atoms with Crippen LogP contribution in [0.25, 0.3) is 0 Å². The van der Waals surface area contributed by atoms with Gasteiger partial charge < -0.3 is 15.2 Å². The van der Waals surface area contributed by atoms with Gasteiger partial charge in [-0.05, 0) is 36.1 Å². The van der Waals surface area contributed by atoms with Crippen molar-refractivity contribution < 1.29 is 19.4 Å². The Morgan fingerprint density at radius 1 is 1.23 bits per heavy atom. The SMILES string of the molecule is COc1cccc(Cl)c1CC(=O)NC(CC(=O)O)c1ccc(SC)cc1. The molecule has 26 heavy (non-hydrogen) atoms. The van der Waals surface area contributed by atoms with Gasteiger partial charge in [0, 0.05) is 15.5 Å². The maximum Gasteiger partial charge on any atom is 0.305 e. The number of thioether (sulfide) groups is 1. The predicted molar refractivity (Wildman–Crippen MR) is 103 cm³/mol. The minimum absolute atomic E-state index is 0.00185. The number of hydrogen-bond donors (Lipinski definition) is 2. The van der Waals surface area contributed by atoms with Crippen LogP contribution in [-0.4, -0.2) is 30.3 Å². The number of benzene rings is 2. The Morgan fingerprint density at radius 2 is 1.92 bits per heavy atom. The maximum absolute atomic E-state index is 12.5. The van der Waals surface area contributed by atoms with E-state index in [4.69, 9.17) is 16.3 Å². The Bertz CT molecular complexity index is 780. The number of hydrogen-bond acceptors (Lipinski definition) is 4. The van der Waals surface area contributed by atoms with Gasteiger partial charge in [0.05, 0.1) is 26.0 Å². The molecule has 0 aliphatic carbocycles. The molecule has 0 aliphatic heterocycles. The lowest BCUT2D eigenvalue weighted by molar-refractivity contribution is -0.137. The highest BCUT2D eigenvalue weighted by molar-refractivity contribution is 7.98. The topological polar surface area (TPSA) is 75.6 Å². The second-order valence-electron chi connectivity index (χ2n) is 5.59. The number of ether oxygens (including phenoxy) is 1. The molecule has 2 rings (SSSR count). The van der Waals surface area contributed by atoms with Crippen LogP contribution in [0, 0.1) is 0 Å². The fourth-order valence-electron chi connectivity index (χ4n) is 2.57. The fraction of sp³-hybridized carbons (Fsp3) is 0.263. The minimum Gasteiger partial charge on any atom is -0.496 e. The molecule has 0 heterocycles. The number of carbonyl (C=O) groups excluding carboxylic acids is 1. The van der Waals surface area contributed by atoms with E-state index in [2.05, 4.69) is 5.32 Å². The van der Waals surface area contributed by atoms with Crippen molar-refractivity contribution in [1.29, 1.82) is 0 Å². The summed E-state index contributed by atoms with van der Waals surface area (Å²) in [5.74, 6) is -0.789. The molecule has 1 amide bonds. The molecule has 2 N–H and O–H groups in total. The van der Waals surface area contributed by atoms with Gasteiger partial charge in [0.15, 0.2) is 0 Å². The van der Waals surface area contributed by atoms with Crippen molar-refractivity contribution in [3.63, 3.8) is 0 Å². The molecule has 1 unspecified atom stereocenters. The third kappa shape index (κ3) is 5.41. The van der Waals surface area contributed by atoms with Gasteiger partial charge in [0.25, 0.3) is 0 Å². The summed E-state index contributed by atoms with van der Waals surface area (Å²) >= 11 is 7.76. The van der Waals surface area contributed by atoms with Crippen LogP contribution in [-0.2, 0) is 16.0 Å². The van der Waals surface area contributed by atoms with Crippen LogP contribution in [0.5, 0.6) is 5.75 Å². The quantitative estimate of drug-likeness (QED) is 0.664. The molecule has 0 aliphatic rings. The van der Waals surface area contributed by atoms with Gasteiger partial charge in [0.2, 0.25) is 5.91 Å². The molecule has 0 bridgehead atoms. The first-order valence-electron chi connectivity index (χ1n) is 7.91. The standard InChI is InChI=1S/C19H20ClNO4S/c1-25-17-5-3-4-15(20)14(17)10-18(22)21-16(11-19(23)24)12-6-8-13(26-2)9-7-12/h3-9,16H,10-11H2,1-2H3,(H,21,22)(H,23,24). The molecule has 0 radical (unpaired) electrons. The first kappa shape index (κ1) is 20.1. The largest absolute Gasteiger partial charge is 0.496 e. The minimum atomic E-state index is -0.987. The second kappa shape index (κ2) is 9.50. The zero-order valence-corrected chi connectivity index (χ0v) is 16.1. The number of carboxylic acids is 1. The maximum atomic E-state index is 12.5. The van der Waals surface area contributed by atoms with Crippen LogP contribution >= 0.6 is 23.4 Å². The molecule has 138 valence electrons. The van der Waals surface area contributed by atoms with Crippen LogP contribution in [0.1, 0.15) is 23.6 Å². The van der Waals surface area contributed by atoms with Crippen molar-refractivity contribution in [2.24, 2.45) is 0 Å². The number of nitrogens with one attached hydrogen (secondary N) is 1. The van der Waals surface area contributed by atoms with Gasteiger partial charge in [-0.1, -0.05) is 29.8 Å². The molecule has 1 atom stereocenters. The fourth-order valence-corrected chi connectivity index (χ4v) is 3.21. The predicted octanol–water partition coefficient (Wildman–Crippen LogP) is 3.95. The van der Waals surface area contributed by atoms with Crippen LogP contribution in [0.3, 0.4) is 0 Å². The van der Waals surface area contributed by atoms with Crippen LogP contribution < -0.4 is 10.1 Å². The molecule has 0 fully saturated rings. The van der Waals surface area contributed by atoms with Gasteiger partial charge in [-0.2, -0.15) is 0 Å². The van der Waals surface area contributed by atoms with Crippen molar-refractivity contribution in [2.75, 3.05) is 13.4 Å². The van der Waals surface area contributed by atoms with Crippen LogP contribution in [0.2, 0.25) is 5.02 Å². The smallest absolute Gasteiger partial charge is 0.305 e. The molecule has 0 saturated heterocycles. The summed E-state index contributed by atoms with van der Waals surface area (Å²) in [5.41, 5.74) is 1.31. The van der Waals surface area contributed by atoms with E-state index in [9.17, 15) is 14.7 Å². The number of amides is 1. The van der Waals surface area contributed by atoms with Crippen molar-refractivity contribution >= 4 is 35.2 Å². The van der Waals surface area contributed by atoms with Crippen molar-refractivity contribution in [1.82, 2.24) is 5.32 Å². The lowest BCUT2D eigenvalue weighted by atomic mass is 10.0. The number of carboxylic acid groups (broad SMARTS) is 1. The number of carbonyl (C=O) groups is 2. The van der Waals surface area contributed by atoms with E-state index >= 15 is 0 Å². The van der Waals surface area contributed by atoms with E-state index in [0.717, 1.165) is 10.5 Å². The normalized spacial score (nSPS) is 11.7. The summed E-state index contributed by atoms with van der Waals surface area (Å²) < 4.78 is 5.25. The first-order chi connectivity index (χ1) is 12.4. The Kier molecular flexibility index (Phi) is 7.36. The molecule has 5 nitrogen and oxygen atoms in total. The highest BCUT2D eigenvalue weighted by Gasteiger charge is 2.20. The molecule has 2 aromatic carbocycles. The Balaban J connectivity index is 2.17. The Labute approximate surface area is 161 Å². The van der Waals surface area contributed by atoms with E-state index in [0.29, 0.717) is 16.3 Å². The number of aliphatic carboxylic acids is 1. The van der Waals surface area contributed by atoms with E-state index in [-0.39, 0.29) is 18.7 Å². The zero-order chi connectivity index (χ0) is 19.1. The summed E-state index contributed by atoms with van der Waals surface area (Å²) in [4.78, 5) is 24.8. The van der Waals surface area contributed by atoms with Crippen molar-refractivity contribution in [3.05, 3.63) is 58.6 Å². The van der Waals surface area contributed by atoms with Gasteiger partial charge in [-0.25, -0.2) is 0 Å². The molecule has 0 saturated carbocycles. The number of halogens is 1. The molecular weight excluding hydrogens is 374 g/mol. The highest BCUT2D eigenvalue weighted by atomic mass is 35.5. The zero-order valence-electron chi connectivity index (χ0n) is 14.5. The number of methoxy groups -OCH3 is 1. The average Bonchev–Trinajstić information content (AvgIpc) is 2.62. The van der Waals surface area contributed by atoms with Crippen LogP contribution in [0.15, 0.2) is 47.4 Å². The van der Waals surface area contributed by atoms with E-state index < -0.39 is 12.0 Å². The van der Waals surface area contributed by atoms with Gasteiger partial charge in [0.1, 0.15) is 5.75 Å². The third-order valence-electron chi connectivity index (χ3n) is 3.87. The molecule has 2 aromatic rings. The summed E-state index contributed by atoms with van der Waals surface area (Å²) in [6.45, 7) is 0. The van der Waals surface area contributed by atoms with E-state index in [1.54, 1.807) is 30.0 Å².